The van der Waals surface area contributed by atoms with Gasteiger partial charge in [-0.25, -0.2) is 0 Å². The van der Waals surface area contributed by atoms with E-state index in [1.54, 1.807) is 0 Å². The molecule has 140 valence electrons. The van der Waals surface area contributed by atoms with Crippen LogP contribution < -0.4 is 16.0 Å². The molecule has 3 rings (SSSR count). The van der Waals surface area contributed by atoms with Gasteiger partial charge in [-0.1, -0.05) is 28.1 Å². The summed E-state index contributed by atoms with van der Waals surface area (Å²) in [5.41, 5.74) is 8.30. The first-order valence-electron chi connectivity index (χ1n) is 8.65. The maximum absolute atomic E-state index is 5.98. The van der Waals surface area contributed by atoms with Crippen molar-refractivity contribution in [3.63, 3.8) is 0 Å². The van der Waals surface area contributed by atoms with E-state index in [0.29, 0.717) is 11.9 Å². The summed E-state index contributed by atoms with van der Waals surface area (Å²) >= 11 is 3.54. The van der Waals surface area contributed by atoms with Crippen LogP contribution in [0.25, 0.3) is 0 Å². The van der Waals surface area contributed by atoms with Gasteiger partial charge in [0.05, 0.1) is 0 Å². The molecule has 0 saturated carbocycles. The minimum absolute atomic E-state index is 0. The molecule has 1 atom stereocenters. The highest BCUT2D eigenvalue weighted by Crippen LogP contribution is 2.26. The van der Waals surface area contributed by atoms with Gasteiger partial charge in [-0.2, -0.15) is 0 Å². The predicted octanol–water partition coefficient (Wildman–Crippen LogP) is 3.44. The molecule has 26 heavy (non-hydrogen) atoms. The van der Waals surface area contributed by atoms with Crippen molar-refractivity contribution in [2.75, 3.05) is 31.1 Å². The van der Waals surface area contributed by atoms with Crippen molar-refractivity contribution >= 4 is 51.6 Å². The van der Waals surface area contributed by atoms with Gasteiger partial charge in [0.25, 0.3) is 0 Å². The minimum Gasteiger partial charge on any atom is -0.371 e. The Morgan fingerprint density at radius 3 is 2.96 bits per heavy atom. The summed E-state index contributed by atoms with van der Waals surface area (Å²) in [6, 6.07) is 14.4. The second kappa shape index (κ2) is 10.7. The van der Waals surface area contributed by atoms with Gasteiger partial charge in [-0.3, -0.25) is 9.98 Å². The molecule has 1 aromatic heterocycles. The van der Waals surface area contributed by atoms with Crippen molar-refractivity contribution in [2.24, 2.45) is 16.6 Å². The number of guanidine groups is 1. The number of benzene rings is 1. The first-order chi connectivity index (χ1) is 12.2. The molecule has 2 heterocycles. The van der Waals surface area contributed by atoms with Crippen LogP contribution in [0.1, 0.15) is 12.1 Å². The zero-order chi connectivity index (χ0) is 17.5. The third-order valence-electron chi connectivity index (χ3n) is 4.39. The summed E-state index contributed by atoms with van der Waals surface area (Å²) in [6.07, 6.45) is 3.80. The standard InChI is InChI=1S/C19H24BrN5.HI/c20-16-4-3-6-18(12-16)25-11-8-15(14-25)13-24-19(21)23-10-7-17-5-1-2-9-22-17;/h1-6,9,12,15H,7-8,10-11,13-14H2,(H3,21,23,24);1H. The van der Waals surface area contributed by atoms with E-state index < -0.39 is 0 Å². The second-order valence-corrected chi connectivity index (χ2v) is 7.22. The zero-order valence-corrected chi connectivity index (χ0v) is 18.6. The first-order valence-corrected chi connectivity index (χ1v) is 9.44. The highest BCUT2D eigenvalue weighted by molar-refractivity contribution is 14.0. The molecule has 7 heteroatoms. The van der Waals surface area contributed by atoms with Crippen molar-refractivity contribution in [2.45, 2.75) is 12.8 Å². The molecular weight excluding hydrogens is 505 g/mol. The van der Waals surface area contributed by atoms with Gasteiger partial charge in [0.1, 0.15) is 0 Å². The van der Waals surface area contributed by atoms with Crippen LogP contribution >= 0.6 is 39.9 Å². The van der Waals surface area contributed by atoms with Crippen LogP contribution in [0.4, 0.5) is 5.69 Å². The summed E-state index contributed by atoms with van der Waals surface area (Å²) in [7, 11) is 0. The second-order valence-electron chi connectivity index (χ2n) is 6.30. The lowest BCUT2D eigenvalue weighted by molar-refractivity contribution is 0.601. The van der Waals surface area contributed by atoms with E-state index in [4.69, 9.17) is 5.73 Å². The molecule has 1 aliphatic rings. The van der Waals surface area contributed by atoms with Crippen molar-refractivity contribution in [1.82, 2.24) is 10.3 Å². The number of halogens is 2. The Bertz CT molecular complexity index is 710. The maximum Gasteiger partial charge on any atom is 0.188 e. The van der Waals surface area contributed by atoms with Crippen LogP contribution in [0, 0.1) is 5.92 Å². The van der Waals surface area contributed by atoms with Crippen molar-refractivity contribution in [3.8, 4) is 0 Å². The van der Waals surface area contributed by atoms with E-state index in [1.807, 2.05) is 24.4 Å². The molecule has 1 fully saturated rings. The van der Waals surface area contributed by atoms with E-state index in [0.717, 1.165) is 49.2 Å². The number of pyridine rings is 1. The Morgan fingerprint density at radius 1 is 1.31 bits per heavy atom. The average Bonchev–Trinajstić information content (AvgIpc) is 3.10. The van der Waals surface area contributed by atoms with Crippen LogP contribution in [0.2, 0.25) is 0 Å². The molecule has 0 radical (unpaired) electrons. The number of hydrogen-bond acceptors (Lipinski definition) is 3. The van der Waals surface area contributed by atoms with Crippen molar-refractivity contribution in [1.29, 1.82) is 0 Å². The molecule has 3 N–H and O–H groups in total. The topological polar surface area (TPSA) is 66.5 Å². The number of rotatable bonds is 6. The highest BCUT2D eigenvalue weighted by atomic mass is 127. The first kappa shape index (κ1) is 21.0. The molecule has 1 aliphatic heterocycles. The fraction of sp³-hybridized carbons (Fsp3) is 0.368. The van der Waals surface area contributed by atoms with Gasteiger partial charge in [0.15, 0.2) is 5.96 Å². The lowest BCUT2D eigenvalue weighted by Gasteiger charge is -2.18. The van der Waals surface area contributed by atoms with E-state index >= 15 is 0 Å². The van der Waals surface area contributed by atoms with Gasteiger partial charge >= 0.3 is 0 Å². The number of aliphatic imine (C=N–C) groups is 1. The summed E-state index contributed by atoms with van der Waals surface area (Å²) in [5.74, 6) is 1.08. The molecule has 0 aliphatic carbocycles. The lowest BCUT2D eigenvalue weighted by atomic mass is 10.1. The number of aromatic nitrogens is 1. The largest absolute Gasteiger partial charge is 0.371 e. The number of nitrogens with one attached hydrogen (secondary N) is 1. The number of nitrogens with two attached hydrogens (primary N) is 1. The summed E-state index contributed by atoms with van der Waals surface area (Å²) in [6.45, 7) is 3.62. The quantitative estimate of drug-likeness (QED) is 0.342. The number of anilines is 1. The Labute approximate surface area is 180 Å². The fourth-order valence-corrected chi connectivity index (χ4v) is 3.42. The van der Waals surface area contributed by atoms with E-state index in [-0.39, 0.29) is 24.0 Å². The minimum atomic E-state index is 0. The van der Waals surface area contributed by atoms with Crippen LogP contribution in [0.3, 0.4) is 0 Å². The molecular formula is C19H25BrIN5. The monoisotopic (exact) mass is 529 g/mol. The van der Waals surface area contributed by atoms with Crippen molar-refractivity contribution in [3.05, 3.63) is 58.8 Å². The highest BCUT2D eigenvalue weighted by Gasteiger charge is 2.22. The maximum atomic E-state index is 5.98. The van der Waals surface area contributed by atoms with Crippen LogP contribution in [-0.2, 0) is 6.42 Å². The Kier molecular flexibility index (Phi) is 8.64. The molecule has 0 spiro atoms. The van der Waals surface area contributed by atoms with Gasteiger partial charge in [0, 0.05) is 54.7 Å². The lowest BCUT2D eigenvalue weighted by Crippen LogP contribution is -2.34. The van der Waals surface area contributed by atoms with E-state index in [9.17, 15) is 0 Å². The Morgan fingerprint density at radius 2 is 2.19 bits per heavy atom. The SMILES string of the molecule is I.NC(=NCC1CCN(c2cccc(Br)c2)C1)NCCc1ccccn1. The molecule has 0 bridgehead atoms. The van der Waals surface area contributed by atoms with Gasteiger partial charge in [0.2, 0.25) is 0 Å². The molecule has 1 saturated heterocycles. The van der Waals surface area contributed by atoms with Gasteiger partial charge in [-0.15, -0.1) is 24.0 Å². The van der Waals surface area contributed by atoms with Crippen molar-refractivity contribution < 1.29 is 0 Å². The Hall–Kier alpha value is -1.35. The molecule has 0 amide bonds. The summed E-state index contributed by atoms with van der Waals surface area (Å²) in [5, 5.41) is 3.17. The summed E-state index contributed by atoms with van der Waals surface area (Å²) < 4.78 is 1.12. The molecule has 5 nitrogen and oxygen atoms in total. The van der Waals surface area contributed by atoms with Gasteiger partial charge < -0.3 is 16.0 Å². The van der Waals surface area contributed by atoms with Crippen LogP contribution in [0.15, 0.2) is 58.1 Å². The molecule has 1 unspecified atom stereocenters. The normalized spacial score (nSPS) is 17.0. The predicted molar refractivity (Wildman–Crippen MR) is 122 cm³/mol. The van der Waals surface area contributed by atoms with Crippen LogP contribution in [-0.4, -0.2) is 37.1 Å². The fourth-order valence-electron chi connectivity index (χ4n) is 3.04. The van der Waals surface area contributed by atoms with E-state index in [2.05, 4.69) is 60.4 Å². The van der Waals surface area contributed by atoms with Gasteiger partial charge in [-0.05, 0) is 42.7 Å². The van der Waals surface area contributed by atoms with E-state index in [1.165, 1.54) is 5.69 Å². The molecule has 1 aromatic carbocycles. The van der Waals surface area contributed by atoms with Crippen LogP contribution in [0.5, 0.6) is 0 Å². The Balaban J connectivity index is 0.00000243. The number of hydrogen-bond donors (Lipinski definition) is 2. The summed E-state index contributed by atoms with van der Waals surface area (Å²) in [4.78, 5) is 11.2. The smallest absolute Gasteiger partial charge is 0.188 e. The zero-order valence-electron chi connectivity index (χ0n) is 14.6. The molecule has 2 aromatic rings. The third kappa shape index (κ3) is 6.42. The number of nitrogens with zero attached hydrogens (tertiary/aromatic N) is 3. The third-order valence-corrected chi connectivity index (χ3v) is 4.89. The average molecular weight is 530 g/mol.